The minimum atomic E-state index is -2.88. The second-order valence-corrected chi connectivity index (χ2v) is 13.2. The molecule has 11 nitrogen and oxygen atoms in total. The molecule has 0 saturated carbocycles. The summed E-state index contributed by atoms with van der Waals surface area (Å²) in [5, 5.41) is 9.48. The van der Waals surface area contributed by atoms with Gasteiger partial charge in [0.1, 0.15) is 21.5 Å². The fraction of sp³-hybridized carbons (Fsp3) is 0.536. The summed E-state index contributed by atoms with van der Waals surface area (Å²) in [6.07, 6.45) is 2.42. The molecule has 5 heterocycles. The lowest BCUT2D eigenvalue weighted by Crippen LogP contribution is -2.46. The van der Waals surface area contributed by atoms with Crippen LogP contribution >= 0.6 is 0 Å². The van der Waals surface area contributed by atoms with E-state index in [9.17, 15) is 18.3 Å². The van der Waals surface area contributed by atoms with Gasteiger partial charge in [-0.2, -0.15) is 4.98 Å². The van der Waals surface area contributed by atoms with Crippen molar-refractivity contribution in [1.82, 2.24) is 19.4 Å². The molecule has 1 aromatic carbocycles. The summed E-state index contributed by atoms with van der Waals surface area (Å²) in [4.78, 5) is 25.8. The van der Waals surface area contributed by atoms with E-state index in [0.717, 1.165) is 61.9 Å². The summed E-state index contributed by atoms with van der Waals surface area (Å²) in [7, 11) is -2.88. The molecule has 0 radical (unpaired) electrons. The number of fused-ring (bicyclic) bond motifs is 1. The Balaban J connectivity index is 1.08. The van der Waals surface area contributed by atoms with Gasteiger partial charge in [-0.05, 0) is 49.4 Å². The number of pyridine rings is 1. The van der Waals surface area contributed by atoms with Gasteiger partial charge in [0.15, 0.2) is 0 Å². The first kappa shape index (κ1) is 27.0. The monoisotopic (exact) mass is 569 g/mol. The zero-order chi connectivity index (χ0) is 27.7. The lowest BCUT2D eigenvalue weighted by molar-refractivity contribution is -0.0592. The van der Waals surface area contributed by atoms with Crippen LogP contribution in [-0.4, -0.2) is 95.9 Å². The minimum Gasteiger partial charge on any atom is -0.478 e. The molecular formula is C28H35N5O6S. The number of ether oxygens (including phenoxy) is 2. The molecule has 3 aliphatic rings. The van der Waals surface area contributed by atoms with Crippen LogP contribution in [0.5, 0.6) is 5.88 Å². The number of carbonyl (C=O) groups is 1. The van der Waals surface area contributed by atoms with Crippen molar-refractivity contribution in [2.45, 2.75) is 38.5 Å². The topological polar surface area (TPSA) is 127 Å². The van der Waals surface area contributed by atoms with Crippen molar-refractivity contribution in [2.24, 2.45) is 5.92 Å². The highest BCUT2D eigenvalue weighted by molar-refractivity contribution is 7.91. The molecule has 0 amide bonds. The Bertz CT molecular complexity index is 1470. The van der Waals surface area contributed by atoms with Gasteiger partial charge in [0, 0.05) is 38.9 Å². The Morgan fingerprint density at radius 2 is 1.82 bits per heavy atom. The second kappa shape index (κ2) is 11.3. The third kappa shape index (κ3) is 6.08. The lowest BCUT2D eigenvalue weighted by Gasteiger charge is -2.35. The largest absolute Gasteiger partial charge is 0.478 e. The van der Waals surface area contributed by atoms with E-state index in [1.54, 1.807) is 18.2 Å². The Labute approximate surface area is 233 Å². The number of benzene rings is 1. The number of aromatic nitrogens is 3. The Morgan fingerprint density at radius 1 is 1.05 bits per heavy atom. The minimum absolute atomic E-state index is 0.133. The smallest absolute Gasteiger partial charge is 0.335 e. The number of aromatic carboxylic acids is 1. The number of hydrogen-bond acceptors (Lipinski definition) is 9. The lowest BCUT2D eigenvalue weighted by atomic mass is 10.0. The average molecular weight is 570 g/mol. The third-order valence-corrected chi connectivity index (χ3v) is 9.88. The molecule has 12 heteroatoms. The number of carboxylic acids is 1. The van der Waals surface area contributed by atoms with E-state index in [4.69, 9.17) is 19.4 Å². The molecule has 40 heavy (non-hydrogen) atoms. The normalized spacial score (nSPS) is 21.8. The number of rotatable bonds is 9. The molecular weight excluding hydrogens is 534 g/mol. The number of piperazine rings is 1. The summed E-state index contributed by atoms with van der Waals surface area (Å²) in [5.41, 5.74) is 1.89. The van der Waals surface area contributed by atoms with E-state index < -0.39 is 15.8 Å². The molecule has 214 valence electrons. The van der Waals surface area contributed by atoms with E-state index in [1.165, 1.54) is 0 Å². The van der Waals surface area contributed by atoms with Gasteiger partial charge >= 0.3 is 5.97 Å². The number of carboxylic acid groups (broad SMARTS) is 1. The van der Waals surface area contributed by atoms with Gasteiger partial charge in [-0.15, -0.1) is 0 Å². The fourth-order valence-electron chi connectivity index (χ4n) is 5.57. The van der Waals surface area contributed by atoms with Gasteiger partial charge in [-0.1, -0.05) is 6.07 Å². The van der Waals surface area contributed by atoms with E-state index in [0.29, 0.717) is 38.4 Å². The van der Waals surface area contributed by atoms with Gasteiger partial charge < -0.3 is 24.0 Å². The van der Waals surface area contributed by atoms with Crippen molar-refractivity contribution in [3.8, 4) is 5.88 Å². The van der Waals surface area contributed by atoms with Gasteiger partial charge in [-0.25, -0.2) is 18.2 Å². The van der Waals surface area contributed by atoms with E-state index in [-0.39, 0.29) is 29.1 Å². The molecule has 1 unspecified atom stereocenters. The van der Waals surface area contributed by atoms with Crippen LogP contribution in [0, 0.1) is 5.92 Å². The molecule has 1 atom stereocenters. The van der Waals surface area contributed by atoms with Crippen molar-refractivity contribution in [3.05, 3.63) is 47.8 Å². The number of hydrogen-bond donors (Lipinski definition) is 1. The molecule has 6 rings (SSSR count). The molecule has 0 bridgehead atoms. The first-order chi connectivity index (χ1) is 19.3. The summed E-state index contributed by atoms with van der Waals surface area (Å²) in [6.45, 7) is 5.89. The summed E-state index contributed by atoms with van der Waals surface area (Å²) in [6, 6.07) is 10.9. The Hall–Kier alpha value is -3.22. The number of imidazole rings is 1. The van der Waals surface area contributed by atoms with Crippen molar-refractivity contribution in [2.75, 3.05) is 55.8 Å². The van der Waals surface area contributed by atoms with Crippen LogP contribution in [0.4, 0.5) is 5.82 Å². The molecule has 3 fully saturated rings. The van der Waals surface area contributed by atoms with E-state index >= 15 is 0 Å². The third-order valence-electron chi connectivity index (χ3n) is 8.17. The van der Waals surface area contributed by atoms with Crippen LogP contribution in [0.3, 0.4) is 0 Å². The van der Waals surface area contributed by atoms with Crippen LogP contribution in [0.25, 0.3) is 11.0 Å². The van der Waals surface area contributed by atoms with Gasteiger partial charge in [-0.3, -0.25) is 4.90 Å². The van der Waals surface area contributed by atoms with Crippen molar-refractivity contribution < 1.29 is 27.8 Å². The molecule has 1 N–H and O–H groups in total. The maximum atomic E-state index is 11.7. The second-order valence-electron chi connectivity index (χ2n) is 10.9. The Kier molecular flexibility index (Phi) is 7.65. The van der Waals surface area contributed by atoms with Crippen LogP contribution in [0.2, 0.25) is 0 Å². The molecule has 3 aliphatic heterocycles. The molecule has 0 aliphatic carbocycles. The number of anilines is 1. The fourth-order valence-corrected chi connectivity index (χ4v) is 7.16. The van der Waals surface area contributed by atoms with Crippen molar-refractivity contribution >= 4 is 32.7 Å². The quantitative estimate of drug-likeness (QED) is 0.411. The highest BCUT2D eigenvalue weighted by Gasteiger charge is 2.26. The average Bonchev–Trinajstić information content (AvgIpc) is 3.26. The van der Waals surface area contributed by atoms with Crippen molar-refractivity contribution in [3.63, 3.8) is 0 Å². The summed E-state index contributed by atoms with van der Waals surface area (Å²) in [5.74, 6) is 2.15. The van der Waals surface area contributed by atoms with Gasteiger partial charge in [0.2, 0.25) is 5.88 Å². The van der Waals surface area contributed by atoms with Gasteiger partial charge in [0.25, 0.3) is 0 Å². The van der Waals surface area contributed by atoms with Crippen LogP contribution in [-0.2, 0) is 27.7 Å². The van der Waals surface area contributed by atoms with E-state index in [1.807, 2.05) is 18.2 Å². The predicted molar refractivity (Wildman–Crippen MR) is 150 cm³/mol. The zero-order valence-electron chi connectivity index (χ0n) is 22.4. The zero-order valence-corrected chi connectivity index (χ0v) is 23.3. The molecule has 2 aromatic heterocycles. The SMILES string of the molecule is O=C(O)c1ccc2nc(CN3CCN(c4cccc(OCC5CCS(=O)(=O)CC5)n4)CC3)n(CC3CCO3)c2c1. The van der Waals surface area contributed by atoms with Crippen LogP contribution in [0.15, 0.2) is 36.4 Å². The summed E-state index contributed by atoms with van der Waals surface area (Å²) < 4.78 is 37.1. The highest BCUT2D eigenvalue weighted by atomic mass is 32.2. The van der Waals surface area contributed by atoms with Crippen LogP contribution in [0.1, 0.15) is 35.4 Å². The first-order valence-electron chi connectivity index (χ1n) is 13.9. The van der Waals surface area contributed by atoms with E-state index in [2.05, 4.69) is 14.4 Å². The Morgan fingerprint density at radius 3 is 2.52 bits per heavy atom. The predicted octanol–water partition coefficient (Wildman–Crippen LogP) is 2.44. The standard InChI is InChI=1S/C28H35N5O6S/c34-28(35)21-4-5-23-24(16-21)33(17-22-6-13-38-22)26(29-23)18-31-9-11-32(12-10-31)25-2-1-3-27(30-25)39-19-20-7-14-40(36,37)15-8-20/h1-5,16,20,22H,6-15,17-19H2,(H,34,35). The van der Waals surface area contributed by atoms with Crippen molar-refractivity contribution in [1.29, 1.82) is 0 Å². The molecule has 3 aromatic rings. The maximum Gasteiger partial charge on any atom is 0.335 e. The van der Waals surface area contributed by atoms with Crippen LogP contribution < -0.4 is 9.64 Å². The number of sulfone groups is 1. The highest BCUT2D eigenvalue weighted by Crippen LogP contribution is 2.25. The first-order valence-corrected chi connectivity index (χ1v) is 15.8. The molecule has 0 spiro atoms. The van der Waals surface area contributed by atoms with Gasteiger partial charge in [0.05, 0.1) is 53.9 Å². The summed E-state index contributed by atoms with van der Waals surface area (Å²) >= 11 is 0. The number of nitrogens with zero attached hydrogens (tertiary/aromatic N) is 5. The maximum absolute atomic E-state index is 11.7. The molecule has 3 saturated heterocycles.